The maximum Gasteiger partial charge on any atom is 0.300 e. The summed E-state index contributed by atoms with van der Waals surface area (Å²) in [4.78, 5) is 28.0. The average molecular weight is 479 g/mol. The molecular weight excluding hydrogens is 455 g/mol. The molecule has 0 aliphatic carbocycles. The molecule has 5 nitrogen and oxygen atoms in total. The van der Waals surface area contributed by atoms with Crippen molar-refractivity contribution in [2.24, 2.45) is 0 Å². The molecule has 1 amide bonds. The predicted molar refractivity (Wildman–Crippen MR) is 139 cm³/mol. The van der Waals surface area contributed by atoms with Crippen LogP contribution in [0, 0.1) is 12.7 Å². The van der Waals surface area contributed by atoms with E-state index < -0.39 is 23.5 Å². The first-order chi connectivity index (χ1) is 17.4. The van der Waals surface area contributed by atoms with Crippen LogP contribution in [0.4, 0.5) is 21.5 Å². The van der Waals surface area contributed by atoms with Gasteiger partial charge in [-0.1, -0.05) is 48.0 Å². The fourth-order valence-corrected chi connectivity index (χ4v) is 4.41. The van der Waals surface area contributed by atoms with Gasteiger partial charge in [-0.05, 0) is 73.2 Å². The number of aliphatic hydroxyl groups excluding tert-OH is 1. The third-order valence-electron chi connectivity index (χ3n) is 6.13. The second-order valence-corrected chi connectivity index (χ2v) is 8.63. The van der Waals surface area contributed by atoms with Gasteiger partial charge in [0.2, 0.25) is 0 Å². The second kappa shape index (κ2) is 9.50. The van der Waals surface area contributed by atoms with Crippen LogP contribution in [0.15, 0.2) is 109 Å². The average Bonchev–Trinajstić information content (AvgIpc) is 3.15. The highest BCUT2D eigenvalue weighted by Gasteiger charge is 2.47. The first-order valence-corrected chi connectivity index (χ1v) is 11.5. The summed E-state index contributed by atoms with van der Waals surface area (Å²) in [5, 5.41) is 14.4. The number of halogens is 1. The Hall–Kier alpha value is -4.71. The summed E-state index contributed by atoms with van der Waals surface area (Å²) in [7, 11) is 0. The van der Waals surface area contributed by atoms with Crippen molar-refractivity contribution >= 4 is 34.5 Å². The number of aliphatic hydroxyl groups is 1. The summed E-state index contributed by atoms with van der Waals surface area (Å²) in [6.45, 7) is 1.92. The van der Waals surface area contributed by atoms with Crippen molar-refractivity contribution in [3.8, 4) is 0 Å². The first kappa shape index (κ1) is 23.1. The van der Waals surface area contributed by atoms with E-state index in [-0.39, 0.29) is 16.9 Å². The highest BCUT2D eigenvalue weighted by Crippen LogP contribution is 2.42. The lowest BCUT2D eigenvalue weighted by Gasteiger charge is -2.26. The molecule has 178 valence electrons. The van der Waals surface area contributed by atoms with Crippen LogP contribution in [0.2, 0.25) is 0 Å². The SMILES string of the molecule is Cc1cccc(C2/C(=C(/O)c3ccc(F)cc3)C(=O)C(=O)N2c2ccc(Nc3ccccc3)cc2)c1. The predicted octanol–water partition coefficient (Wildman–Crippen LogP) is 6.50. The van der Waals surface area contributed by atoms with E-state index in [2.05, 4.69) is 5.32 Å². The molecule has 0 bridgehead atoms. The van der Waals surface area contributed by atoms with E-state index in [0.717, 1.165) is 16.9 Å². The van der Waals surface area contributed by atoms with E-state index in [0.29, 0.717) is 11.3 Å². The van der Waals surface area contributed by atoms with E-state index in [1.807, 2.05) is 73.7 Å². The second-order valence-electron chi connectivity index (χ2n) is 8.63. The Balaban J connectivity index is 1.59. The molecule has 0 radical (unpaired) electrons. The molecule has 2 N–H and O–H groups in total. The molecule has 1 unspecified atom stereocenters. The third kappa shape index (κ3) is 4.36. The minimum Gasteiger partial charge on any atom is -0.507 e. The van der Waals surface area contributed by atoms with Crippen LogP contribution in [0.25, 0.3) is 5.76 Å². The molecule has 1 aliphatic heterocycles. The molecule has 5 rings (SSSR count). The minimum absolute atomic E-state index is 0.0382. The van der Waals surface area contributed by atoms with E-state index in [4.69, 9.17) is 0 Å². The standard InChI is InChI=1S/C30H23FN2O3/c1-19-6-5-7-21(18-19)27-26(28(34)20-10-12-22(31)13-11-20)29(35)30(36)33(27)25-16-14-24(15-17-25)32-23-8-3-2-4-9-23/h2-18,27,32,34H,1H3/b28-26-. The number of para-hydroxylation sites is 1. The normalized spacial score (nSPS) is 16.8. The topological polar surface area (TPSA) is 69.6 Å². The van der Waals surface area contributed by atoms with Gasteiger partial charge in [-0.3, -0.25) is 14.5 Å². The maximum absolute atomic E-state index is 13.5. The number of nitrogens with one attached hydrogen (secondary N) is 1. The van der Waals surface area contributed by atoms with Crippen LogP contribution in [-0.2, 0) is 9.59 Å². The van der Waals surface area contributed by atoms with Crippen LogP contribution in [-0.4, -0.2) is 16.8 Å². The van der Waals surface area contributed by atoms with Gasteiger partial charge >= 0.3 is 0 Å². The summed E-state index contributed by atoms with van der Waals surface area (Å²) in [5.74, 6) is -2.35. The zero-order chi connectivity index (χ0) is 25.2. The smallest absolute Gasteiger partial charge is 0.300 e. The van der Waals surface area contributed by atoms with Crippen LogP contribution >= 0.6 is 0 Å². The van der Waals surface area contributed by atoms with Gasteiger partial charge in [0, 0.05) is 22.6 Å². The van der Waals surface area contributed by atoms with Crippen molar-refractivity contribution in [3.05, 3.63) is 131 Å². The molecule has 0 spiro atoms. The zero-order valence-corrected chi connectivity index (χ0v) is 19.5. The number of ketones is 1. The van der Waals surface area contributed by atoms with Crippen LogP contribution < -0.4 is 10.2 Å². The van der Waals surface area contributed by atoms with Crippen molar-refractivity contribution in [1.29, 1.82) is 0 Å². The Morgan fingerprint density at radius 1 is 0.833 bits per heavy atom. The van der Waals surface area contributed by atoms with Gasteiger partial charge in [-0.25, -0.2) is 4.39 Å². The van der Waals surface area contributed by atoms with Crippen molar-refractivity contribution in [2.45, 2.75) is 13.0 Å². The molecular formula is C30H23FN2O3. The Bertz CT molecular complexity index is 1460. The number of Topliss-reactive ketones (excluding diaryl/α,β-unsaturated/α-hetero) is 1. The molecule has 6 heteroatoms. The Morgan fingerprint density at radius 2 is 1.50 bits per heavy atom. The van der Waals surface area contributed by atoms with Crippen molar-refractivity contribution in [1.82, 2.24) is 0 Å². The quantitative estimate of drug-likeness (QED) is 0.195. The van der Waals surface area contributed by atoms with Crippen LogP contribution in [0.1, 0.15) is 22.7 Å². The number of hydrogen-bond donors (Lipinski definition) is 2. The number of anilines is 3. The van der Waals surface area contributed by atoms with Gasteiger partial charge in [0.15, 0.2) is 0 Å². The van der Waals surface area contributed by atoms with Crippen LogP contribution in [0.5, 0.6) is 0 Å². The highest BCUT2D eigenvalue weighted by atomic mass is 19.1. The molecule has 1 aliphatic rings. The van der Waals surface area contributed by atoms with Crippen molar-refractivity contribution in [2.75, 3.05) is 10.2 Å². The van der Waals surface area contributed by atoms with E-state index in [1.54, 1.807) is 12.1 Å². The fourth-order valence-electron chi connectivity index (χ4n) is 4.41. The lowest BCUT2D eigenvalue weighted by molar-refractivity contribution is -0.132. The van der Waals surface area contributed by atoms with E-state index in [1.165, 1.54) is 29.2 Å². The number of rotatable bonds is 5. The fraction of sp³-hybridized carbons (Fsp3) is 0.0667. The van der Waals surface area contributed by atoms with Crippen molar-refractivity contribution < 1.29 is 19.1 Å². The molecule has 4 aromatic rings. The number of carbonyl (C=O) groups is 2. The van der Waals surface area contributed by atoms with Gasteiger partial charge in [-0.15, -0.1) is 0 Å². The lowest BCUT2D eigenvalue weighted by atomic mass is 9.94. The molecule has 0 saturated carbocycles. The number of amides is 1. The molecule has 4 aromatic carbocycles. The Labute approximate surface area is 208 Å². The minimum atomic E-state index is -0.845. The molecule has 0 aromatic heterocycles. The summed E-state index contributed by atoms with van der Waals surface area (Å²) in [6, 6.07) is 28.6. The highest BCUT2D eigenvalue weighted by molar-refractivity contribution is 6.51. The van der Waals surface area contributed by atoms with Gasteiger partial charge in [0.25, 0.3) is 11.7 Å². The van der Waals surface area contributed by atoms with Gasteiger partial charge in [-0.2, -0.15) is 0 Å². The Kier molecular flexibility index (Phi) is 6.09. The van der Waals surface area contributed by atoms with E-state index >= 15 is 0 Å². The molecule has 1 saturated heterocycles. The number of nitrogens with zero attached hydrogens (tertiary/aromatic N) is 1. The monoisotopic (exact) mass is 478 g/mol. The molecule has 1 atom stereocenters. The number of aryl methyl sites for hydroxylation is 1. The van der Waals surface area contributed by atoms with Crippen molar-refractivity contribution in [3.63, 3.8) is 0 Å². The lowest BCUT2D eigenvalue weighted by Crippen LogP contribution is -2.29. The van der Waals surface area contributed by atoms with Gasteiger partial charge in [0.05, 0.1) is 11.6 Å². The summed E-state index contributed by atoms with van der Waals surface area (Å²) in [6.07, 6.45) is 0. The van der Waals surface area contributed by atoms with Crippen LogP contribution in [0.3, 0.4) is 0 Å². The number of hydrogen-bond acceptors (Lipinski definition) is 4. The number of benzene rings is 4. The molecule has 36 heavy (non-hydrogen) atoms. The number of carbonyl (C=O) groups excluding carboxylic acids is 2. The first-order valence-electron chi connectivity index (χ1n) is 11.5. The largest absolute Gasteiger partial charge is 0.507 e. The van der Waals surface area contributed by atoms with E-state index in [9.17, 15) is 19.1 Å². The third-order valence-corrected chi connectivity index (χ3v) is 6.13. The summed E-state index contributed by atoms with van der Waals surface area (Å²) >= 11 is 0. The molecule has 1 fully saturated rings. The molecule has 1 heterocycles. The zero-order valence-electron chi connectivity index (χ0n) is 19.5. The van der Waals surface area contributed by atoms with Gasteiger partial charge < -0.3 is 10.4 Å². The maximum atomic E-state index is 13.5. The summed E-state index contributed by atoms with van der Waals surface area (Å²) < 4.78 is 13.5. The Morgan fingerprint density at radius 3 is 2.17 bits per heavy atom. The van der Waals surface area contributed by atoms with Gasteiger partial charge in [0.1, 0.15) is 11.6 Å². The summed E-state index contributed by atoms with van der Waals surface area (Å²) in [5.41, 5.74) is 4.11.